The molecule has 1 aromatic heterocycles. The fourth-order valence-corrected chi connectivity index (χ4v) is 3.07. The molecule has 0 spiro atoms. The average Bonchev–Trinajstić information content (AvgIpc) is 3.25. The van der Waals surface area contributed by atoms with Crippen molar-refractivity contribution in [2.45, 2.75) is 25.9 Å². The third-order valence-corrected chi connectivity index (χ3v) is 4.63. The molecule has 150 valence electrons. The van der Waals surface area contributed by atoms with Crippen molar-refractivity contribution in [2.75, 3.05) is 38.5 Å². The lowest BCUT2D eigenvalue weighted by molar-refractivity contribution is -0.129. The zero-order valence-corrected chi connectivity index (χ0v) is 16.5. The molecule has 1 amide bonds. The summed E-state index contributed by atoms with van der Waals surface area (Å²) in [5.74, 6) is 2.09. The molecule has 1 fully saturated rings. The van der Waals surface area contributed by atoms with Crippen LogP contribution in [0.15, 0.2) is 24.0 Å². The minimum absolute atomic E-state index is 0.183. The molecule has 1 aliphatic heterocycles. The summed E-state index contributed by atoms with van der Waals surface area (Å²) in [6, 6.07) is 3.48. The van der Waals surface area contributed by atoms with Gasteiger partial charge in [-0.3, -0.25) is 9.69 Å². The third-order valence-electron chi connectivity index (χ3n) is 4.63. The van der Waals surface area contributed by atoms with Gasteiger partial charge in [-0.05, 0) is 31.9 Å². The van der Waals surface area contributed by atoms with Crippen LogP contribution in [0.25, 0.3) is 10.9 Å². The normalized spacial score (nSPS) is 16.9. The van der Waals surface area contributed by atoms with Gasteiger partial charge in [-0.1, -0.05) is 0 Å². The Hall–Kier alpha value is -3.07. The first-order valence-electron chi connectivity index (χ1n) is 9.00. The molecule has 3 N–H and O–H groups in total. The maximum atomic E-state index is 12.4. The second-order valence-corrected chi connectivity index (χ2v) is 6.36. The molecule has 1 saturated heterocycles. The van der Waals surface area contributed by atoms with Crippen LogP contribution in [0.2, 0.25) is 0 Å². The number of carbonyl (C=O) groups excluding carboxylic acids is 1. The number of ether oxygens (including phenoxy) is 3. The van der Waals surface area contributed by atoms with E-state index in [0.717, 1.165) is 6.42 Å². The number of nitrogens with zero attached hydrogens (tertiary/aromatic N) is 3. The molecule has 1 unspecified atom stereocenters. The van der Waals surface area contributed by atoms with Crippen LogP contribution in [0.4, 0.5) is 11.8 Å². The number of amides is 1. The maximum Gasteiger partial charge on any atom is 0.254 e. The number of allylic oxidation sites excluding steroid dienone is 1. The molecule has 1 aliphatic rings. The molecule has 28 heavy (non-hydrogen) atoms. The molecule has 0 bridgehead atoms. The number of hydrogen-bond acceptors (Lipinski definition) is 8. The number of carbonyl (C=O) groups is 1. The number of benzene rings is 1. The second-order valence-electron chi connectivity index (χ2n) is 6.36. The molecule has 2 heterocycles. The lowest BCUT2D eigenvalue weighted by atomic mass is 10.2. The highest BCUT2D eigenvalue weighted by atomic mass is 16.5. The standard InChI is InChI=1S/C19H25N5O4/c1-5-16(22-18(25)13-7-6-8-28-13)24(2)19-21-12-10-15(27-4)14(26-3)9-11(12)17(20)23-19/h5,9-10,13H,6-8H2,1-4H3,(H,22,25)(H2,20,21,23). The molecule has 1 aromatic carbocycles. The van der Waals surface area contributed by atoms with E-state index in [2.05, 4.69) is 15.3 Å². The van der Waals surface area contributed by atoms with E-state index in [4.69, 9.17) is 19.9 Å². The number of rotatable bonds is 6. The number of anilines is 2. The fraction of sp³-hybridized carbons (Fsp3) is 0.421. The Labute approximate surface area is 163 Å². The number of aromatic nitrogens is 2. The summed E-state index contributed by atoms with van der Waals surface area (Å²) in [6.45, 7) is 2.43. The predicted octanol–water partition coefficient (Wildman–Crippen LogP) is 1.82. The summed E-state index contributed by atoms with van der Waals surface area (Å²) < 4.78 is 16.1. The van der Waals surface area contributed by atoms with E-state index in [-0.39, 0.29) is 5.91 Å². The zero-order valence-electron chi connectivity index (χ0n) is 16.5. The van der Waals surface area contributed by atoms with E-state index < -0.39 is 6.10 Å². The van der Waals surface area contributed by atoms with Gasteiger partial charge < -0.3 is 25.3 Å². The summed E-state index contributed by atoms with van der Waals surface area (Å²) in [5, 5.41) is 3.53. The molecule has 0 aliphatic carbocycles. The molecule has 9 heteroatoms. The average molecular weight is 387 g/mol. The van der Waals surface area contributed by atoms with Crippen molar-refractivity contribution in [3.8, 4) is 11.5 Å². The van der Waals surface area contributed by atoms with E-state index in [9.17, 15) is 4.79 Å². The molecule has 3 rings (SSSR count). The Morgan fingerprint density at radius 3 is 2.64 bits per heavy atom. The highest BCUT2D eigenvalue weighted by Gasteiger charge is 2.25. The van der Waals surface area contributed by atoms with E-state index in [1.807, 2.05) is 6.92 Å². The molecular formula is C19H25N5O4. The van der Waals surface area contributed by atoms with Gasteiger partial charge in [-0.2, -0.15) is 4.98 Å². The largest absolute Gasteiger partial charge is 0.493 e. The van der Waals surface area contributed by atoms with Crippen LogP contribution in [0.3, 0.4) is 0 Å². The molecule has 0 radical (unpaired) electrons. The second kappa shape index (κ2) is 8.30. The minimum atomic E-state index is -0.428. The van der Waals surface area contributed by atoms with Gasteiger partial charge >= 0.3 is 0 Å². The van der Waals surface area contributed by atoms with Crippen molar-refractivity contribution < 1.29 is 19.0 Å². The summed E-state index contributed by atoms with van der Waals surface area (Å²) in [4.78, 5) is 23.0. The van der Waals surface area contributed by atoms with E-state index in [1.165, 1.54) is 0 Å². The Bertz CT molecular complexity index is 909. The van der Waals surface area contributed by atoms with Gasteiger partial charge in [0.05, 0.1) is 19.7 Å². The lowest BCUT2D eigenvalue weighted by Crippen LogP contribution is -2.39. The Morgan fingerprint density at radius 2 is 2.04 bits per heavy atom. The third kappa shape index (κ3) is 3.79. The quantitative estimate of drug-likeness (QED) is 0.772. The van der Waals surface area contributed by atoms with Crippen LogP contribution in [0, 0.1) is 0 Å². The number of nitrogens with two attached hydrogens (primary N) is 1. The molecule has 1 atom stereocenters. The van der Waals surface area contributed by atoms with Crippen LogP contribution in [0.5, 0.6) is 11.5 Å². The Morgan fingerprint density at radius 1 is 1.32 bits per heavy atom. The molecule has 9 nitrogen and oxygen atoms in total. The smallest absolute Gasteiger partial charge is 0.254 e. The first-order valence-corrected chi connectivity index (χ1v) is 9.00. The first-order chi connectivity index (χ1) is 13.5. The van der Waals surface area contributed by atoms with Gasteiger partial charge in [0.15, 0.2) is 11.5 Å². The van der Waals surface area contributed by atoms with Gasteiger partial charge in [0.1, 0.15) is 17.7 Å². The van der Waals surface area contributed by atoms with Gasteiger partial charge in [-0.15, -0.1) is 0 Å². The van der Waals surface area contributed by atoms with Crippen molar-refractivity contribution in [3.05, 3.63) is 24.0 Å². The van der Waals surface area contributed by atoms with Crippen molar-refractivity contribution in [1.29, 1.82) is 0 Å². The first kappa shape index (κ1) is 19.7. The van der Waals surface area contributed by atoms with Crippen LogP contribution in [-0.4, -0.2) is 49.9 Å². The fourth-order valence-electron chi connectivity index (χ4n) is 3.07. The summed E-state index contributed by atoms with van der Waals surface area (Å²) >= 11 is 0. The summed E-state index contributed by atoms with van der Waals surface area (Å²) in [5.41, 5.74) is 6.76. The lowest BCUT2D eigenvalue weighted by Gasteiger charge is -2.23. The van der Waals surface area contributed by atoms with E-state index in [1.54, 1.807) is 44.4 Å². The number of nitrogens with one attached hydrogen (secondary N) is 1. The van der Waals surface area contributed by atoms with E-state index >= 15 is 0 Å². The van der Waals surface area contributed by atoms with Gasteiger partial charge in [0, 0.05) is 25.1 Å². The van der Waals surface area contributed by atoms with Crippen LogP contribution < -0.4 is 25.4 Å². The van der Waals surface area contributed by atoms with Crippen LogP contribution >= 0.6 is 0 Å². The van der Waals surface area contributed by atoms with Gasteiger partial charge in [-0.25, -0.2) is 4.98 Å². The van der Waals surface area contributed by atoms with Gasteiger partial charge in [0.25, 0.3) is 5.91 Å². The number of nitrogen functional groups attached to an aromatic ring is 1. The number of fused-ring (bicyclic) bond motifs is 1. The molecule has 0 saturated carbocycles. The van der Waals surface area contributed by atoms with Gasteiger partial charge in [0.2, 0.25) is 5.95 Å². The molecular weight excluding hydrogens is 362 g/mol. The molecule has 2 aromatic rings. The monoisotopic (exact) mass is 387 g/mol. The Kier molecular flexibility index (Phi) is 5.84. The van der Waals surface area contributed by atoms with Crippen LogP contribution in [-0.2, 0) is 9.53 Å². The van der Waals surface area contributed by atoms with Crippen molar-refractivity contribution in [3.63, 3.8) is 0 Å². The van der Waals surface area contributed by atoms with Crippen molar-refractivity contribution in [1.82, 2.24) is 15.3 Å². The van der Waals surface area contributed by atoms with Crippen molar-refractivity contribution >= 4 is 28.6 Å². The van der Waals surface area contributed by atoms with Crippen LogP contribution in [0.1, 0.15) is 19.8 Å². The number of methoxy groups -OCH3 is 2. The minimum Gasteiger partial charge on any atom is -0.493 e. The highest BCUT2D eigenvalue weighted by Crippen LogP contribution is 2.34. The zero-order chi connectivity index (χ0) is 20.3. The topological polar surface area (TPSA) is 112 Å². The summed E-state index contributed by atoms with van der Waals surface area (Å²) in [6.07, 6.45) is 2.94. The maximum absolute atomic E-state index is 12.4. The van der Waals surface area contributed by atoms with E-state index in [0.29, 0.717) is 53.0 Å². The summed E-state index contributed by atoms with van der Waals surface area (Å²) in [7, 11) is 4.87. The SMILES string of the molecule is CC=C(NC(=O)C1CCCO1)N(C)c1nc(N)c2cc(OC)c(OC)cc2n1. The highest BCUT2D eigenvalue weighted by molar-refractivity contribution is 5.92. The Balaban J connectivity index is 1.91. The van der Waals surface area contributed by atoms with Crippen molar-refractivity contribution in [2.24, 2.45) is 0 Å². The number of hydrogen-bond donors (Lipinski definition) is 2. The predicted molar refractivity (Wildman–Crippen MR) is 106 cm³/mol.